The van der Waals surface area contributed by atoms with Crippen LogP contribution in [0.5, 0.6) is 0 Å². The Kier molecular flexibility index (Phi) is 6.76. The average molecular weight is 414 g/mol. The molecule has 0 saturated carbocycles. The van der Waals surface area contributed by atoms with Gasteiger partial charge in [-0.1, -0.05) is 0 Å². The van der Waals surface area contributed by atoms with Gasteiger partial charge in [-0.25, -0.2) is 20.0 Å². The molecule has 4 N–H and O–H groups in total. The van der Waals surface area contributed by atoms with Crippen LogP contribution in [0, 0.1) is 0 Å². The van der Waals surface area contributed by atoms with Gasteiger partial charge in [0.2, 0.25) is 0 Å². The van der Waals surface area contributed by atoms with E-state index in [-0.39, 0.29) is 11.9 Å². The highest BCUT2D eigenvalue weighted by Gasteiger charge is 2.37. The minimum absolute atomic E-state index is 0.275. The quantitative estimate of drug-likeness (QED) is 0.403. The van der Waals surface area contributed by atoms with Crippen molar-refractivity contribution in [1.82, 2.24) is 24.6 Å². The van der Waals surface area contributed by atoms with Crippen LogP contribution in [0.4, 0.5) is 5.82 Å². The van der Waals surface area contributed by atoms with Gasteiger partial charge in [0.15, 0.2) is 11.5 Å². The zero-order valence-corrected chi connectivity index (χ0v) is 17.5. The molecule has 0 bridgehead atoms. The van der Waals surface area contributed by atoms with Crippen molar-refractivity contribution in [1.29, 1.82) is 0 Å². The Bertz CT molecular complexity index is 884. The normalized spacial score (nSPS) is 15.5. The molecule has 2 rings (SSSR count). The highest BCUT2D eigenvalue weighted by atomic mass is 31.2. The van der Waals surface area contributed by atoms with Crippen molar-refractivity contribution in [2.75, 3.05) is 12.1 Å². The van der Waals surface area contributed by atoms with Gasteiger partial charge in [0.1, 0.15) is 23.7 Å². The summed E-state index contributed by atoms with van der Waals surface area (Å²) in [5, 5.41) is 2.44. The van der Waals surface area contributed by atoms with Crippen molar-refractivity contribution in [2.45, 2.75) is 58.9 Å². The Morgan fingerprint density at radius 1 is 1.36 bits per heavy atom. The van der Waals surface area contributed by atoms with Crippen LogP contribution in [0.15, 0.2) is 12.7 Å². The first-order valence-corrected chi connectivity index (χ1v) is 10.6. The number of carbonyl (C=O) groups is 1. The van der Waals surface area contributed by atoms with Crippen LogP contribution in [-0.4, -0.2) is 54.5 Å². The number of anilines is 1. The maximum absolute atomic E-state index is 12.4. The lowest BCUT2D eigenvalue weighted by molar-refractivity contribution is -0.153. The van der Waals surface area contributed by atoms with E-state index in [1.807, 2.05) is 0 Å². The summed E-state index contributed by atoms with van der Waals surface area (Å²) in [6, 6.07) is 0. The fraction of sp³-hybridized carbons (Fsp3) is 0.625. The number of rotatable bonds is 9. The number of nitrogens with one attached hydrogen (secondary N) is 1. The predicted molar refractivity (Wildman–Crippen MR) is 103 cm³/mol. The molecule has 0 spiro atoms. The van der Waals surface area contributed by atoms with Crippen LogP contribution < -0.4 is 10.8 Å². The number of fused-ring (bicyclic) bond motifs is 1. The number of aromatic nitrogens is 4. The van der Waals surface area contributed by atoms with E-state index >= 15 is 0 Å². The van der Waals surface area contributed by atoms with E-state index in [0.717, 1.165) is 0 Å². The van der Waals surface area contributed by atoms with E-state index < -0.39 is 31.5 Å². The van der Waals surface area contributed by atoms with Gasteiger partial charge < -0.3 is 24.7 Å². The standard InChI is InChI=1S/C16H27N6O5P/c1-10(2)27-15(23)16(4,5)21-28(24,25)9-26-11(3)6-22-8-20-12-13(17)18-7-19-14(12)22/h7-8,10-11H,6,9H2,1-5H3,(H2,17,18,19)(H2,21,24,25)/t11-/m1/s1. The van der Waals surface area contributed by atoms with Gasteiger partial charge in [-0.15, -0.1) is 0 Å². The summed E-state index contributed by atoms with van der Waals surface area (Å²) in [6.45, 7) is 8.45. The second-order valence-electron chi connectivity index (χ2n) is 7.33. The summed E-state index contributed by atoms with van der Waals surface area (Å²) in [7, 11) is -3.95. The molecule has 0 radical (unpaired) electrons. The molecule has 0 saturated heterocycles. The zero-order valence-electron chi connectivity index (χ0n) is 16.6. The molecule has 12 heteroatoms. The van der Waals surface area contributed by atoms with Crippen molar-refractivity contribution >= 4 is 30.5 Å². The molecule has 0 aromatic carbocycles. The zero-order chi connectivity index (χ0) is 21.1. The number of esters is 1. The van der Waals surface area contributed by atoms with Gasteiger partial charge in [-0.05, 0) is 34.6 Å². The maximum Gasteiger partial charge on any atom is 0.326 e. The van der Waals surface area contributed by atoms with Gasteiger partial charge in [0, 0.05) is 0 Å². The van der Waals surface area contributed by atoms with Crippen LogP contribution >= 0.6 is 7.52 Å². The molecule has 0 aliphatic rings. The van der Waals surface area contributed by atoms with Crippen molar-refractivity contribution < 1.29 is 23.7 Å². The van der Waals surface area contributed by atoms with Gasteiger partial charge >= 0.3 is 5.97 Å². The first kappa shape index (κ1) is 22.2. The maximum atomic E-state index is 12.4. The first-order chi connectivity index (χ1) is 12.9. The molecule has 0 aliphatic carbocycles. The topological polar surface area (TPSA) is 154 Å². The number of nitrogens with two attached hydrogens (primary N) is 1. The Balaban J connectivity index is 1.95. The summed E-state index contributed by atoms with van der Waals surface area (Å²) in [5.41, 5.74) is 5.45. The fourth-order valence-electron chi connectivity index (χ4n) is 2.47. The van der Waals surface area contributed by atoms with E-state index in [0.29, 0.717) is 17.7 Å². The van der Waals surface area contributed by atoms with Crippen molar-refractivity contribution in [2.24, 2.45) is 0 Å². The van der Waals surface area contributed by atoms with Gasteiger partial charge in [-0.3, -0.25) is 9.36 Å². The van der Waals surface area contributed by atoms with Crippen LogP contribution in [-0.2, 0) is 25.4 Å². The SMILES string of the molecule is CC(C)OC(=O)C(C)(C)NP(=O)(O)CO[C@H](C)Cn1cnc2c(N)ncnc21. The highest BCUT2D eigenvalue weighted by Crippen LogP contribution is 2.39. The summed E-state index contributed by atoms with van der Waals surface area (Å²) >= 11 is 0. The lowest BCUT2D eigenvalue weighted by Gasteiger charge is -2.28. The van der Waals surface area contributed by atoms with Crippen LogP contribution in [0.1, 0.15) is 34.6 Å². The number of nitrogen functional groups attached to an aromatic ring is 1. The Hall–Kier alpha value is -2.07. The third kappa shape index (κ3) is 5.71. The van der Waals surface area contributed by atoms with Gasteiger partial charge in [0.05, 0.1) is 25.1 Å². The second kappa shape index (κ2) is 8.52. The molecule has 156 valence electrons. The monoisotopic (exact) mass is 414 g/mol. The average Bonchev–Trinajstić information content (AvgIpc) is 2.96. The van der Waals surface area contributed by atoms with E-state index in [1.54, 1.807) is 31.7 Å². The molecule has 2 heterocycles. The third-order valence-corrected chi connectivity index (χ3v) is 5.13. The van der Waals surface area contributed by atoms with Crippen molar-refractivity contribution in [3.8, 4) is 0 Å². The van der Waals surface area contributed by atoms with Crippen molar-refractivity contribution in [3.63, 3.8) is 0 Å². The summed E-state index contributed by atoms with van der Waals surface area (Å²) < 4.78 is 24.8. The molecular weight excluding hydrogens is 387 g/mol. The largest absolute Gasteiger partial charge is 0.462 e. The number of hydrogen-bond acceptors (Lipinski definition) is 8. The molecule has 11 nitrogen and oxygen atoms in total. The number of imidazole rings is 1. The molecule has 28 heavy (non-hydrogen) atoms. The van der Waals surface area contributed by atoms with Crippen LogP contribution in [0.2, 0.25) is 0 Å². The molecule has 1 unspecified atom stereocenters. The lowest BCUT2D eigenvalue weighted by atomic mass is 10.1. The predicted octanol–water partition coefficient (Wildman–Crippen LogP) is 1.28. The van der Waals surface area contributed by atoms with Crippen LogP contribution in [0.25, 0.3) is 11.2 Å². The van der Waals surface area contributed by atoms with E-state index in [4.69, 9.17) is 15.2 Å². The minimum atomic E-state index is -3.95. The number of carbonyl (C=O) groups excluding carboxylic acids is 1. The lowest BCUT2D eigenvalue weighted by Crippen LogP contribution is -2.47. The third-order valence-electron chi connectivity index (χ3n) is 3.72. The second-order valence-corrected chi connectivity index (χ2v) is 9.21. The van der Waals surface area contributed by atoms with E-state index in [2.05, 4.69) is 20.0 Å². The summed E-state index contributed by atoms with van der Waals surface area (Å²) in [5.74, 6) is -0.344. The smallest absolute Gasteiger partial charge is 0.326 e. The molecule has 0 amide bonds. The molecule has 2 atom stereocenters. The molecule has 0 aliphatic heterocycles. The van der Waals surface area contributed by atoms with Crippen molar-refractivity contribution in [3.05, 3.63) is 12.7 Å². The fourth-order valence-corrected chi connectivity index (χ4v) is 3.95. The van der Waals surface area contributed by atoms with Gasteiger partial charge in [-0.2, -0.15) is 0 Å². The van der Waals surface area contributed by atoms with E-state index in [9.17, 15) is 14.3 Å². The number of hydrogen-bond donors (Lipinski definition) is 3. The first-order valence-electron chi connectivity index (χ1n) is 8.76. The Labute approximate surface area is 163 Å². The van der Waals surface area contributed by atoms with Crippen LogP contribution in [0.3, 0.4) is 0 Å². The molecule has 0 fully saturated rings. The molecule has 2 aromatic rings. The number of ether oxygens (including phenoxy) is 2. The Morgan fingerprint density at radius 2 is 2.04 bits per heavy atom. The molecular formula is C16H27N6O5P. The number of nitrogens with zero attached hydrogens (tertiary/aromatic N) is 4. The molecule has 2 aromatic heterocycles. The summed E-state index contributed by atoms with van der Waals surface area (Å²) in [6.07, 6.45) is 1.66. The summed E-state index contributed by atoms with van der Waals surface area (Å²) in [4.78, 5) is 34.4. The van der Waals surface area contributed by atoms with E-state index in [1.165, 1.54) is 20.2 Å². The minimum Gasteiger partial charge on any atom is -0.462 e. The Morgan fingerprint density at radius 3 is 2.68 bits per heavy atom. The highest BCUT2D eigenvalue weighted by molar-refractivity contribution is 7.55. The van der Waals surface area contributed by atoms with Gasteiger partial charge in [0.25, 0.3) is 7.52 Å².